The van der Waals surface area contributed by atoms with E-state index in [0.29, 0.717) is 23.2 Å². The third-order valence-corrected chi connectivity index (χ3v) is 1.78. The maximum Gasteiger partial charge on any atom is 0.337 e. The molecule has 0 saturated heterocycles. The summed E-state index contributed by atoms with van der Waals surface area (Å²) >= 11 is 0. The first-order valence-electron chi connectivity index (χ1n) is 3.94. The van der Waals surface area contributed by atoms with Crippen LogP contribution in [0.1, 0.15) is 20.7 Å². The van der Waals surface area contributed by atoms with Gasteiger partial charge in [0.2, 0.25) is 0 Å². The monoisotopic (exact) mass is 194 g/mol. The number of rotatable bonds is 3. The number of hydrogen-bond acceptors (Lipinski definition) is 4. The van der Waals surface area contributed by atoms with Gasteiger partial charge in [-0.1, -0.05) is 0 Å². The van der Waals surface area contributed by atoms with E-state index >= 15 is 0 Å². The van der Waals surface area contributed by atoms with E-state index in [1.165, 1.54) is 26.4 Å². The second-order valence-electron chi connectivity index (χ2n) is 2.57. The number of methoxy groups -OCH3 is 2. The van der Waals surface area contributed by atoms with Crippen LogP contribution in [0, 0.1) is 0 Å². The van der Waals surface area contributed by atoms with Crippen LogP contribution in [-0.4, -0.2) is 26.5 Å². The Morgan fingerprint density at radius 3 is 2.57 bits per heavy atom. The summed E-state index contributed by atoms with van der Waals surface area (Å²) in [6.07, 6.45) is 0.630. The van der Waals surface area contributed by atoms with E-state index < -0.39 is 5.97 Å². The van der Waals surface area contributed by atoms with Crippen molar-refractivity contribution in [2.75, 3.05) is 14.2 Å². The predicted octanol–water partition coefficient (Wildman–Crippen LogP) is 1.29. The number of aldehydes is 1. The minimum absolute atomic E-state index is 0.329. The maximum absolute atomic E-state index is 11.1. The van der Waals surface area contributed by atoms with Crippen molar-refractivity contribution in [1.82, 2.24) is 0 Å². The molecule has 0 aromatic heterocycles. The molecule has 0 saturated carbocycles. The van der Waals surface area contributed by atoms with Gasteiger partial charge in [0.15, 0.2) is 6.29 Å². The Morgan fingerprint density at radius 2 is 2.07 bits per heavy atom. The van der Waals surface area contributed by atoms with Crippen molar-refractivity contribution in [3.8, 4) is 5.75 Å². The van der Waals surface area contributed by atoms with E-state index in [1.54, 1.807) is 6.07 Å². The molecule has 0 aliphatic heterocycles. The van der Waals surface area contributed by atoms with Gasteiger partial charge in [0, 0.05) is 0 Å². The largest absolute Gasteiger partial charge is 0.496 e. The second-order valence-corrected chi connectivity index (χ2v) is 2.57. The molecule has 0 fully saturated rings. The molecule has 0 spiro atoms. The number of hydrogen-bond donors (Lipinski definition) is 0. The Bertz CT molecular complexity index is 357. The van der Waals surface area contributed by atoms with Gasteiger partial charge in [-0.3, -0.25) is 4.79 Å². The number of benzene rings is 1. The van der Waals surface area contributed by atoms with Crippen molar-refractivity contribution in [3.63, 3.8) is 0 Å². The molecule has 4 heteroatoms. The van der Waals surface area contributed by atoms with Crippen LogP contribution in [-0.2, 0) is 4.74 Å². The van der Waals surface area contributed by atoms with Crippen molar-refractivity contribution in [2.45, 2.75) is 0 Å². The molecular weight excluding hydrogens is 184 g/mol. The van der Waals surface area contributed by atoms with E-state index in [9.17, 15) is 9.59 Å². The molecule has 0 bridgehead atoms. The third kappa shape index (κ3) is 1.90. The Kier molecular flexibility index (Phi) is 3.23. The normalized spacial score (nSPS) is 9.29. The lowest BCUT2D eigenvalue weighted by atomic mass is 10.1. The van der Waals surface area contributed by atoms with Gasteiger partial charge in [0.25, 0.3) is 0 Å². The molecule has 0 radical (unpaired) electrons. The van der Waals surface area contributed by atoms with E-state index in [1.807, 2.05) is 0 Å². The van der Waals surface area contributed by atoms with Crippen LogP contribution in [0.4, 0.5) is 0 Å². The van der Waals surface area contributed by atoms with E-state index in [-0.39, 0.29) is 0 Å². The summed E-state index contributed by atoms with van der Waals surface area (Å²) in [6.45, 7) is 0. The highest BCUT2D eigenvalue weighted by Gasteiger charge is 2.09. The molecule has 1 aromatic carbocycles. The number of carbonyl (C=O) groups excluding carboxylic acids is 2. The highest BCUT2D eigenvalue weighted by atomic mass is 16.5. The topological polar surface area (TPSA) is 52.6 Å². The first kappa shape index (κ1) is 10.2. The van der Waals surface area contributed by atoms with Crippen molar-refractivity contribution in [2.24, 2.45) is 0 Å². The Morgan fingerprint density at radius 1 is 1.36 bits per heavy atom. The first-order chi connectivity index (χ1) is 6.72. The van der Waals surface area contributed by atoms with Crippen LogP contribution in [0.15, 0.2) is 18.2 Å². The first-order valence-corrected chi connectivity index (χ1v) is 3.94. The molecule has 0 amide bonds. The Labute approximate surface area is 81.4 Å². The average molecular weight is 194 g/mol. The maximum atomic E-state index is 11.1. The summed E-state index contributed by atoms with van der Waals surface area (Å²) < 4.78 is 9.43. The molecule has 0 aliphatic rings. The lowest BCUT2D eigenvalue weighted by Crippen LogP contribution is -2.02. The SMILES string of the molecule is COC(=O)c1ccc(OC)c(C=O)c1. The summed E-state index contributed by atoms with van der Waals surface area (Å²) in [4.78, 5) is 21.7. The summed E-state index contributed by atoms with van der Waals surface area (Å²) in [6, 6.07) is 4.52. The standard InChI is InChI=1S/C10H10O4/c1-13-9-4-3-7(10(12)14-2)5-8(9)6-11/h3-6H,1-2H3. The van der Waals surface area contributed by atoms with Crippen LogP contribution >= 0.6 is 0 Å². The van der Waals surface area contributed by atoms with Gasteiger partial charge in [-0.2, -0.15) is 0 Å². The average Bonchev–Trinajstić information content (AvgIpc) is 2.26. The van der Waals surface area contributed by atoms with Gasteiger partial charge >= 0.3 is 5.97 Å². The molecule has 0 heterocycles. The van der Waals surface area contributed by atoms with Crippen molar-refractivity contribution >= 4 is 12.3 Å². The van der Waals surface area contributed by atoms with Gasteiger partial charge < -0.3 is 9.47 Å². The molecule has 1 aromatic rings. The minimum Gasteiger partial charge on any atom is -0.496 e. The molecule has 4 nitrogen and oxygen atoms in total. The Hall–Kier alpha value is -1.84. The van der Waals surface area contributed by atoms with E-state index in [2.05, 4.69) is 4.74 Å². The fourth-order valence-corrected chi connectivity index (χ4v) is 1.07. The van der Waals surface area contributed by atoms with Crippen molar-refractivity contribution in [1.29, 1.82) is 0 Å². The molecule has 14 heavy (non-hydrogen) atoms. The molecule has 1 rings (SSSR count). The van der Waals surface area contributed by atoms with Crippen LogP contribution in [0.25, 0.3) is 0 Å². The summed E-state index contributed by atoms with van der Waals surface area (Å²) in [7, 11) is 2.74. The molecule has 0 aliphatic carbocycles. The zero-order valence-corrected chi connectivity index (χ0v) is 7.94. The highest BCUT2D eigenvalue weighted by molar-refractivity contribution is 5.92. The molecule has 74 valence electrons. The quantitative estimate of drug-likeness (QED) is 0.537. The van der Waals surface area contributed by atoms with Gasteiger partial charge in [0.05, 0.1) is 25.3 Å². The van der Waals surface area contributed by atoms with Crippen LogP contribution < -0.4 is 4.74 Å². The third-order valence-electron chi connectivity index (χ3n) is 1.78. The molecular formula is C10H10O4. The van der Waals surface area contributed by atoms with Gasteiger partial charge in [-0.05, 0) is 18.2 Å². The Balaban J connectivity index is 3.13. The number of esters is 1. The van der Waals surface area contributed by atoms with E-state index in [0.717, 1.165) is 0 Å². The fraction of sp³-hybridized carbons (Fsp3) is 0.200. The number of carbonyl (C=O) groups is 2. The fourth-order valence-electron chi connectivity index (χ4n) is 1.07. The summed E-state index contributed by atoms with van der Waals surface area (Å²) in [5.74, 6) is -0.0385. The highest BCUT2D eigenvalue weighted by Crippen LogP contribution is 2.18. The van der Waals surface area contributed by atoms with Crippen molar-refractivity contribution in [3.05, 3.63) is 29.3 Å². The van der Waals surface area contributed by atoms with Gasteiger partial charge in [-0.15, -0.1) is 0 Å². The predicted molar refractivity (Wildman–Crippen MR) is 49.7 cm³/mol. The van der Waals surface area contributed by atoms with Gasteiger partial charge in [0.1, 0.15) is 5.75 Å². The van der Waals surface area contributed by atoms with Crippen LogP contribution in [0.3, 0.4) is 0 Å². The van der Waals surface area contributed by atoms with Crippen LogP contribution in [0.2, 0.25) is 0 Å². The van der Waals surface area contributed by atoms with Gasteiger partial charge in [-0.25, -0.2) is 4.79 Å². The summed E-state index contributed by atoms with van der Waals surface area (Å²) in [5, 5.41) is 0. The smallest absolute Gasteiger partial charge is 0.337 e. The van der Waals surface area contributed by atoms with Crippen LogP contribution in [0.5, 0.6) is 5.75 Å². The zero-order chi connectivity index (χ0) is 10.6. The van der Waals surface area contributed by atoms with E-state index in [4.69, 9.17) is 4.74 Å². The van der Waals surface area contributed by atoms with Crippen molar-refractivity contribution < 1.29 is 19.1 Å². The lowest BCUT2D eigenvalue weighted by molar-refractivity contribution is 0.0600. The zero-order valence-electron chi connectivity index (χ0n) is 7.94. The molecule has 0 unspecified atom stereocenters. The second kappa shape index (κ2) is 4.41. The summed E-state index contributed by atoms with van der Waals surface area (Å²) in [5.41, 5.74) is 0.658. The minimum atomic E-state index is -0.476. The molecule has 0 N–H and O–H groups in total. The lowest BCUT2D eigenvalue weighted by Gasteiger charge is -2.04. The molecule has 0 atom stereocenters. The number of ether oxygens (including phenoxy) is 2.